The average molecular weight is 273 g/mol. The molecule has 0 unspecified atom stereocenters. The van der Waals surface area contributed by atoms with Crippen LogP contribution in [0.2, 0.25) is 0 Å². The zero-order valence-corrected chi connectivity index (χ0v) is 11.5. The predicted octanol–water partition coefficient (Wildman–Crippen LogP) is 2.23. The van der Waals surface area contributed by atoms with Gasteiger partial charge < -0.3 is 10.6 Å². The zero-order chi connectivity index (χ0) is 13.4. The van der Waals surface area contributed by atoms with E-state index < -0.39 is 0 Å². The molecule has 1 aromatic carbocycles. The van der Waals surface area contributed by atoms with Gasteiger partial charge in [-0.2, -0.15) is 0 Å². The number of nitrogen functional groups attached to an aromatic ring is 1. The zero-order valence-electron chi connectivity index (χ0n) is 10.7. The van der Waals surface area contributed by atoms with Crippen LogP contribution in [-0.4, -0.2) is 22.3 Å². The van der Waals surface area contributed by atoms with Gasteiger partial charge in [-0.05, 0) is 30.5 Å². The summed E-state index contributed by atoms with van der Waals surface area (Å²) < 4.78 is 0. The van der Waals surface area contributed by atoms with Crippen molar-refractivity contribution >= 4 is 22.9 Å². The third kappa shape index (κ3) is 2.21. The molecular formula is C14H15N3OS. The summed E-state index contributed by atoms with van der Waals surface area (Å²) in [6.07, 6.45) is 0.856. The summed E-state index contributed by atoms with van der Waals surface area (Å²) >= 11 is 1.50. The number of hydrogen-bond donors (Lipinski definition) is 1. The number of aryl methyl sites for hydroxylation is 1. The van der Waals surface area contributed by atoms with Crippen molar-refractivity contribution in [2.24, 2.45) is 0 Å². The molecule has 1 aromatic heterocycles. The van der Waals surface area contributed by atoms with Gasteiger partial charge in [0.25, 0.3) is 5.91 Å². The number of rotatable bonds is 1. The average Bonchev–Trinajstić information content (AvgIpc) is 2.85. The summed E-state index contributed by atoms with van der Waals surface area (Å²) in [6.45, 7) is 3.22. The van der Waals surface area contributed by atoms with Gasteiger partial charge in [-0.1, -0.05) is 12.1 Å². The Hall–Kier alpha value is -1.88. The monoisotopic (exact) mass is 273 g/mol. The van der Waals surface area contributed by atoms with Gasteiger partial charge in [0.15, 0.2) is 0 Å². The Labute approximate surface area is 115 Å². The number of nitrogens with two attached hydrogens (primary N) is 1. The second-order valence-electron chi connectivity index (χ2n) is 4.71. The molecule has 0 saturated heterocycles. The second-order valence-corrected chi connectivity index (χ2v) is 5.78. The number of carbonyl (C=O) groups is 1. The third-order valence-corrected chi connectivity index (χ3v) is 4.21. The maximum Gasteiger partial charge on any atom is 0.273 e. The minimum Gasteiger partial charge on any atom is -0.398 e. The molecule has 98 valence electrons. The standard InChI is InChI=1S/C14H15N3OS/c1-9-16-13(8-19-9)14(18)17-6-5-10-3-2-4-12(15)11(10)7-17/h2-4,8H,5-7,15H2,1H3. The van der Waals surface area contributed by atoms with Gasteiger partial charge >= 0.3 is 0 Å². The van der Waals surface area contributed by atoms with Crippen LogP contribution in [0.25, 0.3) is 0 Å². The lowest BCUT2D eigenvalue weighted by Gasteiger charge is -2.29. The van der Waals surface area contributed by atoms with Crippen LogP contribution < -0.4 is 5.73 Å². The summed E-state index contributed by atoms with van der Waals surface area (Å²) in [5.41, 5.74) is 9.63. The number of carbonyl (C=O) groups excluding carboxylic acids is 1. The molecule has 0 atom stereocenters. The van der Waals surface area contributed by atoms with E-state index in [1.807, 2.05) is 29.3 Å². The molecule has 0 saturated carbocycles. The molecule has 2 N–H and O–H groups in total. The second kappa shape index (κ2) is 4.66. The molecule has 3 rings (SSSR count). The maximum absolute atomic E-state index is 12.4. The quantitative estimate of drug-likeness (QED) is 0.811. The van der Waals surface area contributed by atoms with Crippen LogP contribution in [0.1, 0.15) is 26.6 Å². The highest BCUT2D eigenvalue weighted by Gasteiger charge is 2.24. The first kappa shape index (κ1) is 12.2. The Morgan fingerprint density at radius 1 is 1.47 bits per heavy atom. The van der Waals surface area contributed by atoms with Gasteiger partial charge in [0, 0.05) is 24.2 Å². The van der Waals surface area contributed by atoms with Crippen molar-refractivity contribution in [1.29, 1.82) is 0 Å². The van der Waals surface area contributed by atoms with Crippen LogP contribution in [0.15, 0.2) is 23.6 Å². The first-order chi connectivity index (χ1) is 9.15. The van der Waals surface area contributed by atoms with Crippen molar-refractivity contribution in [3.63, 3.8) is 0 Å². The number of fused-ring (bicyclic) bond motifs is 1. The third-order valence-electron chi connectivity index (χ3n) is 3.43. The van der Waals surface area contributed by atoms with Crippen molar-refractivity contribution in [1.82, 2.24) is 9.88 Å². The van der Waals surface area contributed by atoms with E-state index in [9.17, 15) is 4.79 Å². The van der Waals surface area contributed by atoms with Crippen molar-refractivity contribution in [2.75, 3.05) is 12.3 Å². The van der Waals surface area contributed by atoms with Gasteiger partial charge in [-0.25, -0.2) is 4.98 Å². The van der Waals surface area contributed by atoms with E-state index in [1.165, 1.54) is 16.9 Å². The number of anilines is 1. The number of aromatic nitrogens is 1. The molecule has 1 aliphatic heterocycles. The minimum absolute atomic E-state index is 0.00162. The fourth-order valence-corrected chi connectivity index (χ4v) is 2.99. The van der Waals surface area contributed by atoms with E-state index in [2.05, 4.69) is 11.1 Å². The lowest BCUT2D eigenvalue weighted by atomic mass is 9.98. The minimum atomic E-state index is -0.00162. The molecule has 5 heteroatoms. The highest BCUT2D eigenvalue weighted by atomic mass is 32.1. The Balaban J connectivity index is 1.86. The number of nitrogens with zero attached hydrogens (tertiary/aromatic N) is 2. The molecule has 0 fully saturated rings. The van der Waals surface area contributed by atoms with Gasteiger partial charge in [0.1, 0.15) is 5.69 Å². The molecule has 0 bridgehead atoms. The molecule has 19 heavy (non-hydrogen) atoms. The van der Waals surface area contributed by atoms with Crippen LogP contribution in [0.5, 0.6) is 0 Å². The number of hydrogen-bond acceptors (Lipinski definition) is 4. The topological polar surface area (TPSA) is 59.2 Å². The van der Waals surface area contributed by atoms with Crippen molar-refractivity contribution in [3.05, 3.63) is 45.4 Å². The molecular weight excluding hydrogens is 258 g/mol. The molecule has 2 aromatic rings. The smallest absolute Gasteiger partial charge is 0.273 e. The summed E-state index contributed by atoms with van der Waals surface area (Å²) in [4.78, 5) is 18.5. The SMILES string of the molecule is Cc1nc(C(=O)N2CCc3cccc(N)c3C2)cs1. The molecule has 2 heterocycles. The van der Waals surface area contributed by atoms with Crippen LogP contribution >= 0.6 is 11.3 Å². The Morgan fingerprint density at radius 3 is 3.05 bits per heavy atom. The molecule has 1 amide bonds. The summed E-state index contributed by atoms with van der Waals surface area (Å²) in [7, 11) is 0. The van der Waals surface area contributed by atoms with Crippen molar-refractivity contribution in [3.8, 4) is 0 Å². The largest absolute Gasteiger partial charge is 0.398 e. The van der Waals surface area contributed by atoms with Gasteiger partial charge in [0.05, 0.1) is 5.01 Å². The van der Waals surface area contributed by atoms with Crippen LogP contribution in [0.4, 0.5) is 5.69 Å². The summed E-state index contributed by atoms with van der Waals surface area (Å²) in [6, 6.07) is 5.94. The fourth-order valence-electron chi connectivity index (χ4n) is 2.40. The maximum atomic E-state index is 12.4. The number of benzene rings is 1. The van der Waals surface area contributed by atoms with E-state index in [-0.39, 0.29) is 5.91 Å². The van der Waals surface area contributed by atoms with E-state index >= 15 is 0 Å². The Morgan fingerprint density at radius 2 is 2.32 bits per heavy atom. The summed E-state index contributed by atoms with van der Waals surface area (Å²) in [5, 5.41) is 2.74. The fraction of sp³-hybridized carbons (Fsp3) is 0.286. The Kier molecular flexibility index (Phi) is 2.98. The molecule has 0 radical (unpaired) electrons. The number of thiazole rings is 1. The first-order valence-electron chi connectivity index (χ1n) is 6.23. The van der Waals surface area contributed by atoms with Crippen LogP contribution in [0, 0.1) is 6.92 Å². The normalized spacial score (nSPS) is 14.3. The molecule has 0 spiro atoms. The highest BCUT2D eigenvalue weighted by Crippen LogP contribution is 2.25. The van der Waals surface area contributed by atoms with E-state index in [1.54, 1.807) is 0 Å². The van der Waals surface area contributed by atoms with E-state index in [4.69, 9.17) is 5.73 Å². The summed E-state index contributed by atoms with van der Waals surface area (Å²) in [5.74, 6) is -0.00162. The molecule has 1 aliphatic rings. The van der Waals surface area contributed by atoms with Crippen LogP contribution in [0.3, 0.4) is 0 Å². The van der Waals surface area contributed by atoms with Crippen molar-refractivity contribution in [2.45, 2.75) is 19.9 Å². The van der Waals surface area contributed by atoms with Gasteiger partial charge in [0.2, 0.25) is 0 Å². The van der Waals surface area contributed by atoms with Crippen LogP contribution in [-0.2, 0) is 13.0 Å². The first-order valence-corrected chi connectivity index (χ1v) is 7.11. The van der Waals surface area contributed by atoms with E-state index in [0.717, 1.165) is 29.2 Å². The van der Waals surface area contributed by atoms with Crippen molar-refractivity contribution < 1.29 is 4.79 Å². The molecule has 0 aliphatic carbocycles. The van der Waals surface area contributed by atoms with Gasteiger partial charge in [-0.3, -0.25) is 4.79 Å². The van der Waals surface area contributed by atoms with E-state index in [0.29, 0.717) is 12.2 Å². The number of amides is 1. The van der Waals surface area contributed by atoms with Gasteiger partial charge in [-0.15, -0.1) is 11.3 Å². The lowest BCUT2D eigenvalue weighted by Crippen LogP contribution is -2.36. The Bertz CT molecular complexity index is 635. The highest BCUT2D eigenvalue weighted by molar-refractivity contribution is 7.09. The lowest BCUT2D eigenvalue weighted by molar-refractivity contribution is 0.0730. The molecule has 4 nitrogen and oxygen atoms in total. The predicted molar refractivity (Wildman–Crippen MR) is 76.1 cm³/mol.